The zero-order valence-corrected chi connectivity index (χ0v) is 33.6. The second-order valence-corrected chi connectivity index (χ2v) is 14.8. The number of ether oxygens (including phenoxy) is 2. The number of aromatic hydroxyl groups is 2. The van der Waals surface area contributed by atoms with E-state index in [2.05, 4.69) is 30.8 Å². The molecule has 0 fully saturated rings. The average Bonchev–Trinajstić information content (AvgIpc) is 3.15. The molecule has 0 bridgehead atoms. The Morgan fingerprint density at radius 1 is 0.500 bits per heavy atom. The summed E-state index contributed by atoms with van der Waals surface area (Å²) in [5.74, 6) is 1.71. The van der Waals surface area contributed by atoms with Crippen LogP contribution in [0.4, 0.5) is 0 Å². The first kappa shape index (κ1) is 45.1. The molecule has 0 spiro atoms. The summed E-state index contributed by atoms with van der Waals surface area (Å²) in [6.45, 7) is 8.45. The van der Waals surface area contributed by atoms with Crippen LogP contribution in [0.3, 0.4) is 0 Å². The molecule has 52 heavy (non-hydrogen) atoms. The highest BCUT2D eigenvalue weighted by molar-refractivity contribution is 5.84. The minimum Gasteiger partial charge on any atom is -0.507 e. The first-order valence-corrected chi connectivity index (χ1v) is 21.5. The van der Waals surface area contributed by atoms with Crippen LogP contribution in [0.2, 0.25) is 0 Å². The van der Waals surface area contributed by atoms with Crippen LogP contribution in [0.15, 0.2) is 46.4 Å². The van der Waals surface area contributed by atoms with E-state index >= 15 is 0 Å². The van der Waals surface area contributed by atoms with Crippen LogP contribution in [0, 0.1) is 0 Å². The molecular formula is C46H76N2O4. The van der Waals surface area contributed by atoms with Gasteiger partial charge in [-0.05, 0) is 43.5 Å². The fourth-order valence-electron chi connectivity index (χ4n) is 6.45. The van der Waals surface area contributed by atoms with Crippen molar-refractivity contribution in [2.24, 2.45) is 9.98 Å². The fraction of sp³-hybridized carbons (Fsp3) is 0.696. The molecule has 2 rings (SSSR count). The number of phenols is 2. The number of rotatable bonds is 34. The molecule has 0 radical (unpaired) electrons. The summed E-state index contributed by atoms with van der Waals surface area (Å²) in [4.78, 5) is 9.23. The molecule has 2 N–H and O–H groups in total. The number of unbranched alkanes of at least 4 members (excludes halogenated alkanes) is 22. The summed E-state index contributed by atoms with van der Waals surface area (Å²) < 4.78 is 11.8. The third-order valence-corrected chi connectivity index (χ3v) is 9.98. The van der Waals surface area contributed by atoms with Crippen molar-refractivity contribution in [1.82, 2.24) is 0 Å². The summed E-state index contributed by atoms with van der Waals surface area (Å²) >= 11 is 0. The van der Waals surface area contributed by atoms with Gasteiger partial charge in [-0.15, -0.1) is 0 Å². The van der Waals surface area contributed by atoms with E-state index in [0.717, 1.165) is 19.3 Å². The van der Waals surface area contributed by atoms with Gasteiger partial charge in [-0.25, -0.2) is 0 Å². The van der Waals surface area contributed by atoms with Crippen LogP contribution in [0.1, 0.15) is 192 Å². The molecule has 0 heterocycles. The third-order valence-electron chi connectivity index (χ3n) is 9.98. The largest absolute Gasteiger partial charge is 0.507 e. The van der Waals surface area contributed by atoms with Crippen LogP contribution in [-0.4, -0.2) is 48.4 Å². The van der Waals surface area contributed by atoms with Gasteiger partial charge < -0.3 is 19.7 Å². The molecule has 0 aliphatic carbocycles. The third kappa shape index (κ3) is 22.8. The Balaban J connectivity index is 1.59. The summed E-state index contributed by atoms with van der Waals surface area (Å²) in [5.41, 5.74) is 1.32. The predicted octanol–water partition coefficient (Wildman–Crippen LogP) is 13.6. The Morgan fingerprint density at radius 2 is 0.865 bits per heavy atom. The van der Waals surface area contributed by atoms with Gasteiger partial charge >= 0.3 is 0 Å². The monoisotopic (exact) mass is 721 g/mol. The molecule has 0 aliphatic rings. The van der Waals surface area contributed by atoms with Gasteiger partial charge in [-0.1, -0.05) is 162 Å². The molecule has 6 nitrogen and oxygen atoms in total. The number of hydrogen-bond donors (Lipinski definition) is 2. The summed E-state index contributed by atoms with van der Waals surface area (Å²) in [5, 5.41) is 21.1. The molecule has 0 aromatic heterocycles. The van der Waals surface area contributed by atoms with Crippen molar-refractivity contribution >= 4 is 12.4 Å². The first-order chi connectivity index (χ1) is 25.6. The van der Waals surface area contributed by atoms with Gasteiger partial charge in [0.1, 0.15) is 23.0 Å². The first-order valence-electron chi connectivity index (χ1n) is 21.5. The van der Waals surface area contributed by atoms with E-state index in [1.54, 1.807) is 24.6 Å². The number of phenolic OH excluding ortho intramolecular Hbond substituents is 2. The Morgan fingerprint density at radius 3 is 1.23 bits per heavy atom. The molecule has 294 valence electrons. The van der Waals surface area contributed by atoms with Crippen molar-refractivity contribution in [3.8, 4) is 23.0 Å². The number of nitrogens with zero attached hydrogens (tertiary/aromatic N) is 2. The average molecular weight is 721 g/mol. The van der Waals surface area contributed by atoms with Crippen molar-refractivity contribution in [3.63, 3.8) is 0 Å². The second-order valence-electron chi connectivity index (χ2n) is 14.8. The van der Waals surface area contributed by atoms with E-state index in [1.807, 2.05) is 24.3 Å². The SMILES string of the molecule is CCCCCCCCCCCCCCOc1ccc(C=NCC(CC)N=Cc2ccc(OCCCCCCCCCCCCCC)cc2O)c(O)c1. The highest BCUT2D eigenvalue weighted by Gasteiger charge is 2.07. The molecule has 1 unspecified atom stereocenters. The summed E-state index contributed by atoms with van der Waals surface area (Å²) in [6.07, 6.45) is 35.9. The molecular weight excluding hydrogens is 645 g/mol. The number of benzene rings is 2. The highest BCUT2D eigenvalue weighted by Crippen LogP contribution is 2.24. The van der Waals surface area contributed by atoms with Gasteiger partial charge in [0.2, 0.25) is 0 Å². The van der Waals surface area contributed by atoms with Crippen LogP contribution >= 0.6 is 0 Å². The molecule has 1 atom stereocenters. The Bertz CT molecular complexity index is 1200. The van der Waals surface area contributed by atoms with E-state index < -0.39 is 0 Å². The molecule has 0 amide bonds. The van der Waals surface area contributed by atoms with Crippen molar-refractivity contribution in [1.29, 1.82) is 0 Å². The smallest absolute Gasteiger partial charge is 0.128 e. The summed E-state index contributed by atoms with van der Waals surface area (Å²) in [6, 6.07) is 10.8. The van der Waals surface area contributed by atoms with Gasteiger partial charge in [0.15, 0.2) is 0 Å². The van der Waals surface area contributed by atoms with Crippen LogP contribution in [0.5, 0.6) is 23.0 Å². The summed E-state index contributed by atoms with van der Waals surface area (Å²) in [7, 11) is 0. The zero-order valence-electron chi connectivity index (χ0n) is 33.6. The lowest BCUT2D eigenvalue weighted by Crippen LogP contribution is -2.08. The van der Waals surface area contributed by atoms with Crippen LogP contribution < -0.4 is 9.47 Å². The van der Waals surface area contributed by atoms with Crippen molar-refractivity contribution in [3.05, 3.63) is 47.5 Å². The Kier molecular flexibility index (Phi) is 27.3. The quantitative estimate of drug-likeness (QED) is 0.0557. The highest BCUT2D eigenvalue weighted by atomic mass is 16.5. The normalized spacial score (nSPS) is 12.3. The Hall–Kier alpha value is -3.02. The maximum atomic E-state index is 10.6. The van der Waals surface area contributed by atoms with Gasteiger partial charge in [0.25, 0.3) is 0 Å². The predicted molar refractivity (Wildman–Crippen MR) is 223 cm³/mol. The van der Waals surface area contributed by atoms with Gasteiger partial charge in [0.05, 0.1) is 25.8 Å². The minimum absolute atomic E-state index is 0.0299. The molecule has 0 saturated heterocycles. The molecule has 2 aromatic carbocycles. The lowest BCUT2D eigenvalue weighted by atomic mass is 10.1. The van der Waals surface area contributed by atoms with E-state index in [-0.39, 0.29) is 17.5 Å². The van der Waals surface area contributed by atoms with Gasteiger partial charge in [-0.3, -0.25) is 9.98 Å². The zero-order chi connectivity index (χ0) is 37.3. The van der Waals surface area contributed by atoms with E-state index in [9.17, 15) is 10.2 Å². The topological polar surface area (TPSA) is 83.6 Å². The van der Waals surface area contributed by atoms with Gasteiger partial charge in [-0.2, -0.15) is 0 Å². The molecule has 0 aliphatic heterocycles. The lowest BCUT2D eigenvalue weighted by Gasteiger charge is -2.09. The standard InChI is InChI=1S/C46H76N2O4/c1-4-7-9-11-13-15-17-19-21-23-25-27-33-51-43-31-29-40(45(49)35-43)37-47-39-42(6-3)48-38-41-30-32-44(36-46(41)50)52-34-28-26-24-22-20-18-16-14-12-10-8-5-2/h29-32,35-38,42,49-50H,4-28,33-34,39H2,1-3H3. The number of aliphatic imine (C=N–C) groups is 2. The van der Waals surface area contributed by atoms with Crippen LogP contribution in [0.25, 0.3) is 0 Å². The maximum absolute atomic E-state index is 10.6. The van der Waals surface area contributed by atoms with Crippen molar-refractivity contribution in [2.45, 2.75) is 187 Å². The van der Waals surface area contributed by atoms with Crippen molar-refractivity contribution < 1.29 is 19.7 Å². The molecule has 2 aromatic rings. The van der Waals surface area contributed by atoms with E-state index in [1.165, 1.54) is 141 Å². The second kappa shape index (κ2) is 31.5. The Labute approximate surface area is 319 Å². The molecule has 0 saturated carbocycles. The minimum atomic E-state index is -0.0299. The van der Waals surface area contributed by atoms with Gasteiger partial charge in [0, 0.05) is 35.7 Å². The number of hydrogen-bond acceptors (Lipinski definition) is 6. The van der Waals surface area contributed by atoms with E-state index in [0.29, 0.717) is 42.4 Å². The fourth-order valence-corrected chi connectivity index (χ4v) is 6.45. The maximum Gasteiger partial charge on any atom is 0.128 e. The molecule has 6 heteroatoms. The van der Waals surface area contributed by atoms with Crippen molar-refractivity contribution in [2.75, 3.05) is 19.8 Å². The van der Waals surface area contributed by atoms with E-state index in [4.69, 9.17) is 9.47 Å². The van der Waals surface area contributed by atoms with Crippen LogP contribution in [-0.2, 0) is 0 Å². The lowest BCUT2D eigenvalue weighted by molar-refractivity contribution is 0.302.